The Labute approximate surface area is 138 Å². The molecule has 0 aliphatic carbocycles. The van der Waals surface area contributed by atoms with Crippen LogP contribution in [0.3, 0.4) is 0 Å². The van der Waals surface area contributed by atoms with Crippen LogP contribution >= 0.6 is 0 Å². The second kappa shape index (κ2) is 16.3. The summed E-state index contributed by atoms with van der Waals surface area (Å²) in [6.07, 6.45) is 2.10. The maximum Gasteiger partial charge on any atom is 1.00 e. The molecule has 1 aromatic rings. The van der Waals surface area contributed by atoms with Crippen LogP contribution < -0.4 is 58.2 Å². The van der Waals surface area contributed by atoms with Gasteiger partial charge in [0.15, 0.2) is 0 Å². The molecule has 0 atom stereocenters. The topological polar surface area (TPSA) is 20.2 Å². The third-order valence-corrected chi connectivity index (χ3v) is 1.38. The summed E-state index contributed by atoms with van der Waals surface area (Å²) in [6, 6.07) is 8.45. The van der Waals surface area contributed by atoms with E-state index < -0.39 is 0 Å². The summed E-state index contributed by atoms with van der Waals surface area (Å²) < 4.78 is 0. The molecule has 0 aromatic heterocycles. The Morgan fingerprint density at radius 3 is 1.93 bits per heavy atom. The first-order valence-corrected chi connectivity index (χ1v) is 4.63. The predicted molar refractivity (Wildman–Crippen MR) is 59.7 cm³/mol. The number of aryl methyl sites for hydroxylation is 1. The minimum atomic E-state index is 0. The third-order valence-electron chi connectivity index (χ3n) is 1.38. The maximum absolute atomic E-state index is 7.00. The molecule has 1 N–H and O–H groups in total. The van der Waals surface area contributed by atoms with Crippen molar-refractivity contribution in [2.24, 2.45) is 0 Å². The number of benzene rings is 1. The maximum atomic E-state index is 7.00. The van der Waals surface area contributed by atoms with Gasteiger partial charge in [0.05, 0.1) is 0 Å². The van der Waals surface area contributed by atoms with Crippen LogP contribution in [0.4, 0.5) is 0 Å². The Morgan fingerprint density at radius 2 is 1.64 bits per heavy atom. The first-order valence-electron chi connectivity index (χ1n) is 4.63. The van der Waals surface area contributed by atoms with Crippen LogP contribution in [0.2, 0.25) is 0 Å². The summed E-state index contributed by atoms with van der Waals surface area (Å²) >= 11 is 0. The summed E-state index contributed by atoms with van der Waals surface area (Å²) in [6.45, 7) is 8.15. The number of rotatable bonds is 1. The van der Waals surface area contributed by atoms with Crippen LogP contribution in [0, 0.1) is 13.3 Å². The predicted octanol–water partition coefficient (Wildman–Crippen LogP) is 0.206. The van der Waals surface area contributed by atoms with Crippen LogP contribution in [-0.2, 0) is 0 Å². The Balaban J connectivity index is -0.000000216. The molecular formula is C12H21ORb. The van der Waals surface area contributed by atoms with E-state index in [1.165, 1.54) is 11.1 Å². The fourth-order valence-electron chi connectivity index (χ4n) is 0.850. The quantitative estimate of drug-likeness (QED) is 0.721. The number of hydrogen-bond acceptors (Lipinski definition) is 1. The first-order chi connectivity index (χ1) is 6.33. The Morgan fingerprint density at radius 1 is 1.14 bits per heavy atom. The van der Waals surface area contributed by atoms with Gasteiger partial charge in [-0.15, -0.1) is 11.6 Å². The summed E-state index contributed by atoms with van der Waals surface area (Å²) in [5.41, 5.74) is 2.63. The molecule has 0 aliphatic heterocycles. The number of aliphatic hydroxyl groups excluding tert-OH is 1. The van der Waals surface area contributed by atoms with Crippen molar-refractivity contribution in [1.29, 1.82) is 0 Å². The van der Waals surface area contributed by atoms with Gasteiger partial charge in [-0.3, -0.25) is 0 Å². The number of hydrogen-bond donors (Lipinski definition) is 1. The average molecular weight is 267 g/mol. The van der Waals surface area contributed by atoms with Crippen molar-refractivity contribution in [3.63, 3.8) is 0 Å². The van der Waals surface area contributed by atoms with Gasteiger partial charge in [0, 0.05) is 7.11 Å². The van der Waals surface area contributed by atoms with Crippen LogP contribution in [0.15, 0.2) is 24.3 Å². The summed E-state index contributed by atoms with van der Waals surface area (Å²) in [7, 11) is 1.00. The molecule has 0 spiro atoms. The molecule has 0 heterocycles. The third kappa shape index (κ3) is 10.9. The second-order valence-electron chi connectivity index (χ2n) is 2.20. The molecule has 0 bridgehead atoms. The molecule has 0 radical (unpaired) electrons. The van der Waals surface area contributed by atoms with E-state index in [2.05, 4.69) is 44.5 Å². The average Bonchev–Trinajstić information content (AvgIpc) is 2.24. The molecule has 0 unspecified atom stereocenters. The van der Waals surface area contributed by atoms with E-state index in [0.717, 1.165) is 7.11 Å². The Hall–Kier alpha value is 0.855. The van der Waals surface area contributed by atoms with E-state index >= 15 is 0 Å². The largest absolute Gasteiger partial charge is 1.00 e. The van der Waals surface area contributed by atoms with Crippen LogP contribution in [0.1, 0.15) is 31.9 Å². The van der Waals surface area contributed by atoms with Crippen molar-refractivity contribution in [1.82, 2.24) is 0 Å². The number of aliphatic hydroxyl groups is 1. The van der Waals surface area contributed by atoms with Gasteiger partial charge in [0.1, 0.15) is 0 Å². The molecule has 0 aliphatic rings. The van der Waals surface area contributed by atoms with E-state index in [0.29, 0.717) is 0 Å². The molecule has 0 amide bonds. The van der Waals surface area contributed by atoms with Crippen LogP contribution in [-0.4, -0.2) is 12.2 Å². The fraction of sp³-hybridized carbons (Fsp3) is 0.417. The fourth-order valence-corrected chi connectivity index (χ4v) is 0.850. The van der Waals surface area contributed by atoms with Crippen molar-refractivity contribution in [3.8, 4) is 0 Å². The van der Waals surface area contributed by atoms with Gasteiger partial charge in [0.2, 0.25) is 0 Å². The molecule has 14 heavy (non-hydrogen) atoms. The van der Waals surface area contributed by atoms with Crippen molar-refractivity contribution in [3.05, 3.63) is 41.8 Å². The smallest absolute Gasteiger partial charge is 0.400 e. The zero-order valence-electron chi connectivity index (χ0n) is 10.3. The van der Waals surface area contributed by atoms with Gasteiger partial charge in [0.25, 0.3) is 0 Å². The van der Waals surface area contributed by atoms with Gasteiger partial charge < -0.3 is 5.11 Å². The van der Waals surface area contributed by atoms with Gasteiger partial charge in [-0.1, -0.05) is 33.8 Å². The minimum Gasteiger partial charge on any atom is -0.400 e. The van der Waals surface area contributed by atoms with E-state index in [4.69, 9.17) is 5.11 Å². The van der Waals surface area contributed by atoms with Crippen molar-refractivity contribution in [2.75, 3.05) is 7.11 Å². The van der Waals surface area contributed by atoms with Crippen molar-refractivity contribution < 1.29 is 63.3 Å². The van der Waals surface area contributed by atoms with Crippen molar-refractivity contribution in [2.45, 2.75) is 27.7 Å². The molecule has 1 rings (SSSR count). The molecule has 76 valence electrons. The standard InChI is InChI=1S/C9H11.C2H6.CH4O.Rb/c1-3-9-6-4-5-8(2)7-9;2*1-2;/h3-7H,1-2H3;1-2H3;2H,1H3;/q-1;;;+1. The van der Waals surface area contributed by atoms with Gasteiger partial charge in [-0.05, 0) is 0 Å². The van der Waals surface area contributed by atoms with Gasteiger partial charge >= 0.3 is 58.2 Å². The molecule has 0 saturated heterocycles. The monoisotopic (exact) mass is 266 g/mol. The van der Waals surface area contributed by atoms with E-state index in [9.17, 15) is 0 Å². The van der Waals surface area contributed by atoms with Crippen LogP contribution in [0.5, 0.6) is 0 Å². The Kier molecular flexibility index (Phi) is 23.6. The molecule has 1 aromatic carbocycles. The zero-order chi connectivity index (χ0) is 10.7. The van der Waals surface area contributed by atoms with E-state index in [1.54, 1.807) is 0 Å². The normalized spacial score (nSPS) is 6.71. The van der Waals surface area contributed by atoms with E-state index in [-0.39, 0.29) is 58.2 Å². The summed E-state index contributed by atoms with van der Waals surface area (Å²) in [5.74, 6) is 0. The summed E-state index contributed by atoms with van der Waals surface area (Å²) in [4.78, 5) is 0. The van der Waals surface area contributed by atoms with Crippen LogP contribution in [0.25, 0.3) is 0 Å². The van der Waals surface area contributed by atoms with Gasteiger partial charge in [-0.2, -0.15) is 24.1 Å². The minimum absolute atomic E-state index is 0. The molecular weight excluding hydrogens is 246 g/mol. The molecule has 1 nitrogen and oxygen atoms in total. The second-order valence-corrected chi connectivity index (χ2v) is 2.20. The van der Waals surface area contributed by atoms with Crippen molar-refractivity contribution >= 4 is 0 Å². The van der Waals surface area contributed by atoms with E-state index in [1.807, 2.05) is 13.8 Å². The first kappa shape index (κ1) is 20.3. The SMILES string of the molecule is CC.CO.C[CH-]c1cccc(C)c1.[Rb+]. The zero-order valence-corrected chi connectivity index (χ0v) is 15.3. The molecule has 0 saturated carbocycles. The molecule has 0 fully saturated rings. The molecule has 2 heteroatoms. The summed E-state index contributed by atoms with van der Waals surface area (Å²) in [5, 5.41) is 7.00. The Bertz CT molecular complexity index is 199. The van der Waals surface area contributed by atoms with Gasteiger partial charge in [-0.25, -0.2) is 0 Å².